The first kappa shape index (κ1) is 16.0. The lowest BCUT2D eigenvalue weighted by molar-refractivity contribution is 0.0144. The van der Waals surface area contributed by atoms with Crippen molar-refractivity contribution in [2.24, 2.45) is 0 Å². The molecule has 0 saturated carbocycles. The highest BCUT2D eigenvalue weighted by Gasteiger charge is 2.12. The molecule has 0 amide bonds. The third-order valence-electron chi connectivity index (χ3n) is 2.84. The van der Waals surface area contributed by atoms with Crippen molar-refractivity contribution in [1.82, 2.24) is 5.32 Å². The highest BCUT2D eigenvalue weighted by Crippen LogP contribution is 2.19. The van der Waals surface area contributed by atoms with Gasteiger partial charge in [0.25, 0.3) is 6.43 Å². The fourth-order valence-corrected chi connectivity index (χ4v) is 1.83. The molecule has 1 N–H and O–H groups in total. The van der Waals surface area contributed by atoms with Gasteiger partial charge >= 0.3 is 0 Å². The molecule has 0 aliphatic heterocycles. The Morgan fingerprint density at radius 2 is 2.05 bits per heavy atom. The molecule has 0 spiro atoms. The van der Waals surface area contributed by atoms with Gasteiger partial charge in [-0.3, -0.25) is 0 Å². The lowest BCUT2D eigenvalue weighted by Gasteiger charge is -2.19. The molecule has 1 rings (SSSR count). The summed E-state index contributed by atoms with van der Waals surface area (Å²) in [6.07, 6.45) is -1.92. The Morgan fingerprint density at radius 1 is 1.32 bits per heavy atom. The van der Waals surface area contributed by atoms with Gasteiger partial charge in [0.2, 0.25) is 0 Å². The van der Waals surface area contributed by atoms with Gasteiger partial charge in [0.05, 0.1) is 0 Å². The third kappa shape index (κ3) is 5.61. The minimum atomic E-state index is -2.45. The van der Waals surface area contributed by atoms with Gasteiger partial charge in [-0.1, -0.05) is 19.1 Å². The van der Waals surface area contributed by atoms with E-state index >= 15 is 0 Å². The van der Waals surface area contributed by atoms with Gasteiger partial charge < -0.3 is 10.1 Å². The molecule has 0 radical (unpaired) electrons. The quantitative estimate of drug-likeness (QED) is 0.734. The van der Waals surface area contributed by atoms with Crippen molar-refractivity contribution in [3.8, 4) is 0 Å². The van der Waals surface area contributed by atoms with Crippen LogP contribution in [0.2, 0.25) is 0 Å². The van der Waals surface area contributed by atoms with E-state index in [1.807, 2.05) is 13.0 Å². The van der Waals surface area contributed by atoms with Crippen molar-refractivity contribution in [2.75, 3.05) is 19.8 Å². The zero-order valence-corrected chi connectivity index (χ0v) is 11.3. The van der Waals surface area contributed by atoms with Crippen LogP contribution in [0.25, 0.3) is 0 Å². The SMILES string of the molecule is CCNC(CCOCC(F)F)c1ccc(C)c(F)c1. The van der Waals surface area contributed by atoms with Gasteiger partial charge in [0.15, 0.2) is 0 Å². The van der Waals surface area contributed by atoms with E-state index in [4.69, 9.17) is 4.74 Å². The van der Waals surface area contributed by atoms with Crippen LogP contribution in [0.1, 0.15) is 30.5 Å². The molecule has 2 nitrogen and oxygen atoms in total. The molecule has 108 valence electrons. The number of aryl methyl sites for hydroxylation is 1. The molecule has 19 heavy (non-hydrogen) atoms. The van der Waals surface area contributed by atoms with Crippen molar-refractivity contribution in [2.45, 2.75) is 32.7 Å². The van der Waals surface area contributed by atoms with Crippen LogP contribution >= 0.6 is 0 Å². The predicted molar refractivity (Wildman–Crippen MR) is 69.0 cm³/mol. The van der Waals surface area contributed by atoms with Crippen molar-refractivity contribution in [3.05, 3.63) is 35.1 Å². The Bertz CT molecular complexity index is 385. The topological polar surface area (TPSA) is 21.3 Å². The largest absolute Gasteiger partial charge is 0.375 e. The Balaban J connectivity index is 2.58. The highest BCUT2D eigenvalue weighted by atomic mass is 19.3. The second-order valence-corrected chi connectivity index (χ2v) is 4.37. The zero-order chi connectivity index (χ0) is 14.3. The summed E-state index contributed by atoms with van der Waals surface area (Å²) in [6, 6.07) is 4.96. The Morgan fingerprint density at radius 3 is 2.63 bits per heavy atom. The molecule has 5 heteroatoms. The summed E-state index contributed by atoms with van der Waals surface area (Å²) in [5.41, 5.74) is 1.40. The number of alkyl halides is 2. The fraction of sp³-hybridized carbons (Fsp3) is 0.571. The van der Waals surface area contributed by atoms with Gasteiger partial charge in [-0.05, 0) is 37.1 Å². The number of ether oxygens (including phenoxy) is 1. The molecule has 1 aromatic carbocycles. The molecule has 0 heterocycles. The van der Waals surface area contributed by atoms with Crippen LogP contribution in [0.3, 0.4) is 0 Å². The van der Waals surface area contributed by atoms with Crippen LogP contribution < -0.4 is 5.32 Å². The van der Waals surface area contributed by atoms with Crippen molar-refractivity contribution in [1.29, 1.82) is 0 Å². The number of rotatable bonds is 8. The van der Waals surface area contributed by atoms with Crippen LogP contribution in [-0.2, 0) is 4.74 Å². The molecule has 0 saturated heterocycles. The lowest BCUT2D eigenvalue weighted by atomic mass is 10.0. The van der Waals surface area contributed by atoms with Crippen LogP contribution in [-0.4, -0.2) is 26.2 Å². The molecule has 1 atom stereocenters. The Hall–Kier alpha value is -1.07. The average molecular weight is 275 g/mol. The smallest absolute Gasteiger partial charge is 0.261 e. The predicted octanol–water partition coefficient (Wildman–Crippen LogP) is 3.46. The number of hydrogen-bond donors (Lipinski definition) is 1. The number of halogens is 3. The zero-order valence-electron chi connectivity index (χ0n) is 11.3. The normalized spacial score (nSPS) is 12.9. The summed E-state index contributed by atoms with van der Waals surface area (Å²) in [4.78, 5) is 0. The fourth-order valence-electron chi connectivity index (χ4n) is 1.83. The molecular weight excluding hydrogens is 255 g/mol. The third-order valence-corrected chi connectivity index (χ3v) is 2.84. The van der Waals surface area contributed by atoms with E-state index in [-0.39, 0.29) is 18.5 Å². The molecule has 1 aromatic rings. The molecule has 0 aliphatic carbocycles. The monoisotopic (exact) mass is 275 g/mol. The Labute approximate surface area is 112 Å². The number of hydrogen-bond acceptors (Lipinski definition) is 2. The maximum absolute atomic E-state index is 13.5. The van der Waals surface area contributed by atoms with Gasteiger partial charge in [0.1, 0.15) is 12.4 Å². The van der Waals surface area contributed by atoms with Crippen LogP contribution in [0, 0.1) is 12.7 Å². The molecule has 0 bridgehead atoms. The molecule has 0 aromatic heterocycles. The van der Waals surface area contributed by atoms with Crippen LogP contribution in [0.15, 0.2) is 18.2 Å². The standard InChI is InChI=1S/C14H20F3NO/c1-3-18-13(6-7-19-9-14(16)17)11-5-4-10(2)12(15)8-11/h4-5,8,13-14,18H,3,6-7,9H2,1-2H3. The first-order valence-corrected chi connectivity index (χ1v) is 6.40. The van der Waals surface area contributed by atoms with Crippen LogP contribution in [0.4, 0.5) is 13.2 Å². The minimum Gasteiger partial charge on any atom is -0.375 e. The van der Waals surface area contributed by atoms with E-state index in [2.05, 4.69) is 5.32 Å². The molecule has 1 unspecified atom stereocenters. The molecular formula is C14H20F3NO. The first-order chi connectivity index (χ1) is 9.04. The second kappa shape index (κ2) is 8.17. The Kier molecular flexibility index (Phi) is 6.87. The van der Waals surface area contributed by atoms with Gasteiger partial charge in [-0.15, -0.1) is 0 Å². The maximum Gasteiger partial charge on any atom is 0.261 e. The average Bonchev–Trinajstić information content (AvgIpc) is 2.36. The summed E-state index contributed by atoms with van der Waals surface area (Å²) in [6.45, 7) is 4.03. The number of nitrogens with one attached hydrogen (secondary N) is 1. The van der Waals surface area contributed by atoms with Crippen molar-refractivity contribution < 1.29 is 17.9 Å². The van der Waals surface area contributed by atoms with Crippen molar-refractivity contribution in [3.63, 3.8) is 0 Å². The van der Waals surface area contributed by atoms with E-state index in [1.54, 1.807) is 13.0 Å². The van der Waals surface area contributed by atoms with Gasteiger partial charge in [0, 0.05) is 12.6 Å². The summed E-state index contributed by atoms with van der Waals surface area (Å²) < 4.78 is 42.3. The highest BCUT2D eigenvalue weighted by molar-refractivity contribution is 5.25. The van der Waals surface area contributed by atoms with Crippen molar-refractivity contribution >= 4 is 0 Å². The summed E-state index contributed by atoms with van der Waals surface area (Å²) in [5, 5.41) is 3.20. The van der Waals surface area contributed by atoms with E-state index in [1.165, 1.54) is 6.07 Å². The minimum absolute atomic E-state index is 0.0854. The van der Waals surface area contributed by atoms with Crippen LogP contribution in [0.5, 0.6) is 0 Å². The van der Waals surface area contributed by atoms with E-state index < -0.39 is 13.0 Å². The molecule has 0 fully saturated rings. The summed E-state index contributed by atoms with van der Waals surface area (Å²) in [5.74, 6) is -0.256. The summed E-state index contributed by atoms with van der Waals surface area (Å²) >= 11 is 0. The van der Waals surface area contributed by atoms with E-state index in [9.17, 15) is 13.2 Å². The van der Waals surface area contributed by atoms with E-state index in [0.717, 1.165) is 12.1 Å². The first-order valence-electron chi connectivity index (χ1n) is 6.40. The van der Waals surface area contributed by atoms with Gasteiger partial charge in [-0.2, -0.15) is 0 Å². The van der Waals surface area contributed by atoms with E-state index in [0.29, 0.717) is 12.0 Å². The lowest BCUT2D eigenvalue weighted by Crippen LogP contribution is -2.23. The summed E-state index contributed by atoms with van der Waals surface area (Å²) in [7, 11) is 0. The maximum atomic E-state index is 13.5. The number of benzene rings is 1. The van der Waals surface area contributed by atoms with Gasteiger partial charge in [-0.25, -0.2) is 13.2 Å². The molecule has 0 aliphatic rings. The second-order valence-electron chi connectivity index (χ2n) is 4.37.